The van der Waals surface area contributed by atoms with Crippen LogP contribution in [0.2, 0.25) is 0 Å². The Hall–Kier alpha value is -2.46. The number of halogens is 4. The fraction of sp³-hybridized carbons (Fsp3) is 0.545. The van der Waals surface area contributed by atoms with Crippen LogP contribution < -0.4 is 10.2 Å². The van der Waals surface area contributed by atoms with Crippen LogP contribution in [0.3, 0.4) is 0 Å². The van der Waals surface area contributed by atoms with Crippen molar-refractivity contribution in [1.82, 2.24) is 9.97 Å². The zero-order chi connectivity index (χ0) is 22.8. The largest absolute Gasteiger partial charge is 0.416 e. The number of ether oxygens (including phenoxy) is 2. The average molecular weight is 454 g/mol. The number of nitrogens with zero attached hydrogens (tertiary/aromatic N) is 3. The summed E-state index contributed by atoms with van der Waals surface area (Å²) in [5.41, 5.74) is -0.457. The van der Waals surface area contributed by atoms with Crippen LogP contribution in [0.25, 0.3) is 0 Å². The van der Waals surface area contributed by atoms with Crippen LogP contribution in [0.1, 0.15) is 42.9 Å². The van der Waals surface area contributed by atoms with E-state index in [1.807, 2.05) is 0 Å². The SMILES string of the molecule is COC1(CNc2ncnc(N3CCCC3c3ccc(C(F)(F)F)cc3)c2F)CCOCC1. The summed E-state index contributed by atoms with van der Waals surface area (Å²) in [6.07, 6.45) is -0.227. The van der Waals surface area contributed by atoms with Gasteiger partial charge in [0.2, 0.25) is 5.82 Å². The third kappa shape index (κ3) is 4.66. The number of methoxy groups -OCH3 is 1. The minimum atomic E-state index is -4.39. The maximum absolute atomic E-state index is 15.4. The van der Waals surface area contributed by atoms with Crippen molar-refractivity contribution >= 4 is 11.6 Å². The molecular weight excluding hydrogens is 428 g/mol. The highest BCUT2D eigenvalue weighted by atomic mass is 19.4. The maximum atomic E-state index is 15.4. The third-order valence-electron chi connectivity index (χ3n) is 6.33. The molecular formula is C22H26F4N4O2. The molecule has 0 spiro atoms. The predicted molar refractivity (Wildman–Crippen MR) is 111 cm³/mol. The monoisotopic (exact) mass is 454 g/mol. The number of rotatable bonds is 6. The van der Waals surface area contributed by atoms with Crippen LogP contribution in [-0.4, -0.2) is 49.0 Å². The highest BCUT2D eigenvalue weighted by molar-refractivity contribution is 5.53. The highest BCUT2D eigenvalue weighted by Crippen LogP contribution is 2.38. The molecule has 0 bridgehead atoms. The predicted octanol–water partition coefficient (Wildman–Crippen LogP) is 4.58. The van der Waals surface area contributed by atoms with E-state index in [4.69, 9.17) is 9.47 Å². The van der Waals surface area contributed by atoms with Crippen molar-refractivity contribution in [1.29, 1.82) is 0 Å². The van der Waals surface area contributed by atoms with Gasteiger partial charge >= 0.3 is 6.18 Å². The number of hydrogen-bond donors (Lipinski definition) is 1. The Morgan fingerprint density at radius 2 is 1.91 bits per heavy atom. The van der Waals surface area contributed by atoms with Crippen molar-refractivity contribution < 1.29 is 27.0 Å². The van der Waals surface area contributed by atoms with Crippen LogP contribution in [0.4, 0.5) is 29.2 Å². The molecule has 0 radical (unpaired) electrons. The molecule has 0 aliphatic carbocycles. The molecule has 10 heteroatoms. The summed E-state index contributed by atoms with van der Waals surface area (Å²) in [6.45, 7) is 2.09. The Labute approximate surface area is 183 Å². The molecule has 6 nitrogen and oxygen atoms in total. The van der Waals surface area contributed by atoms with E-state index >= 15 is 4.39 Å². The Morgan fingerprint density at radius 3 is 2.56 bits per heavy atom. The van der Waals surface area contributed by atoms with E-state index in [0.717, 1.165) is 18.6 Å². The summed E-state index contributed by atoms with van der Waals surface area (Å²) in [6, 6.07) is 4.78. The number of hydrogen-bond acceptors (Lipinski definition) is 6. The van der Waals surface area contributed by atoms with Gasteiger partial charge in [0.05, 0.1) is 17.2 Å². The maximum Gasteiger partial charge on any atom is 0.416 e. The summed E-state index contributed by atoms with van der Waals surface area (Å²) < 4.78 is 65.1. The standard InChI is InChI=1S/C22H26F4N4O2/c1-31-21(8-11-32-12-9-21)13-27-19-18(23)20(29-14-28-19)30-10-2-3-17(30)15-4-6-16(7-5-15)22(24,25)26/h4-7,14,17H,2-3,8-13H2,1H3,(H,27,28,29). The molecule has 2 fully saturated rings. The lowest BCUT2D eigenvalue weighted by Gasteiger charge is -2.36. The molecule has 1 aromatic heterocycles. The molecule has 32 heavy (non-hydrogen) atoms. The molecule has 1 aromatic carbocycles. The zero-order valence-corrected chi connectivity index (χ0v) is 17.8. The molecule has 2 aromatic rings. The van der Waals surface area contributed by atoms with Gasteiger partial charge in [-0.1, -0.05) is 12.1 Å². The van der Waals surface area contributed by atoms with Gasteiger partial charge < -0.3 is 19.7 Å². The molecule has 2 aliphatic heterocycles. The van der Waals surface area contributed by atoms with Crippen LogP contribution in [-0.2, 0) is 15.7 Å². The molecule has 1 unspecified atom stereocenters. The Kier molecular flexibility index (Phi) is 6.52. The molecule has 2 aliphatic rings. The zero-order valence-electron chi connectivity index (χ0n) is 17.8. The van der Waals surface area contributed by atoms with Gasteiger partial charge in [-0.3, -0.25) is 0 Å². The average Bonchev–Trinajstić information content (AvgIpc) is 3.28. The third-order valence-corrected chi connectivity index (χ3v) is 6.33. The summed E-state index contributed by atoms with van der Waals surface area (Å²) in [7, 11) is 1.63. The van der Waals surface area contributed by atoms with Gasteiger partial charge in [0.1, 0.15) is 6.33 Å². The van der Waals surface area contributed by atoms with Gasteiger partial charge in [-0.2, -0.15) is 17.6 Å². The van der Waals surface area contributed by atoms with Gasteiger partial charge in [0.15, 0.2) is 11.6 Å². The lowest BCUT2D eigenvalue weighted by molar-refractivity contribution is -0.137. The second-order valence-corrected chi connectivity index (χ2v) is 8.18. The van der Waals surface area contributed by atoms with E-state index in [0.29, 0.717) is 51.1 Å². The van der Waals surface area contributed by atoms with Gasteiger partial charge in [0, 0.05) is 46.3 Å². The Bertz CT molecular complexity index is 917. The number of alkyl halides is 3. The fourth-order valence-corrected chi connectivity index (χ4v) is 4.39. The van der Waals surface area contributed by atoms with Crippen molar-refractivity contribution in [2.24, 2.45) is 0 Å². The second-order valence-electron chi connectivity index (χ2n) is 8.18. The lowest BCUT2D eigenvalue weighted by atomic mass is 9.94. The van der Waals surface area contributed by atoms with E-state index in [1.54, 1.807) is 12.0 Å². The van der Waals surface area contributed by atoms with Crippen molar-refractivity contribution in [3.8, 4) is 0 Å². The van der Waals surface area contributed by atoms with E-state index in [1.165, 1.54) is 18.5 Å². The van der Waals surface area contributed by atoms with E-state index in [2.05, 4.69) is 15.3 Å². The molecule has 1 N–H and O–H groups in total. The van der Waals surface area contributed by atoms with E-state index in [9.17, 15) is 13.2 Å². The molecule has 0 amide bonds. The molecule has 2 saturated heterocycles. The quantitative estimate of drug-likeness (QED) is 0.645. The number of aromatic nitrogens is 2. The van der Waals surface area contributed by atoms with Gasteiger partial charge in [-0.25, -0.2) is 9.97 Å². The van der Waals surface area contributed by atoms with Gasteiger partial charge in [0.25, 0.3) is 0 Å². The smallest absolute Gasteiger partial charge is 0.381 e. The van der Waals surface area contributed by atoms with Crippen LogP contribution in [0.15, 0.2) is 30.6 Å². The first-order chi connectivity index (χ1) is 15.3. The first-order valence-corrected chi connectivity index (χ1v) is 10.6. The lowest BCUT2D eigenvalue weighted by Crippen LogP contribution is -2.44. The summed E-state index contributed by atoms with van der Waals surface area (Å²) in [5, 5.41) is 3.06. The summed E-state index contributed by atoms with van der Waals surface area (Å²) in [5.74, 6) is -0.357. The molecule has 0 saturated carbocycles. The van der Waals surface area contributed by atoms with Crippen LogP contribution >= 0.6 is 0 Å². The van der Waals surface area contributed by atoms with Crippen molar-refractivity contribution in [3.05, 3.63) is 47.5 Å². The molecule has 1 atom stereocenters. The van der Waals surface area contributed by atoms with Crippen molar-refractivity contribution in [2.45, 2.75) is 43.5 Å². The minimum absolute atomic E-state index is 0.0796. The van der Waals surface area contributed by atoms with Crippen LogP contribution in [0, 0.1) is 5.82 Å². The van der Waals surface area contributed by atoms with Crippen molar-refractivity contribution in [3.63, 3.8) is 0 Å². The van der Waals surface area contributed by atoms with Gasteiger partial charge in [-0.15, -0.1) is 0 Å². The molecule has 3 heterocycles. The number of benzene rings is 1. The van der Waals surface area contributed by atoms with E-state index < -0.39 is 23.2 Å². The number of anilines is 2. The summed E-state index contributed by atoms with van der Waals surface area (Å²) >= 11 is 0. The fourth-order valence-electron chi connectivity index (χ4n) is 4.39. The first kappa shape index (κ1) is 22.7. The van der Waals surface area contributed by atoms with E-state index in [-0.39, 0.29) is 17.7 Å². The summed E-state index contributed by atoms with van der Waals surface area (Å²) in [4.78, 5) is 10.0. The first-order valence-electron chi connectivity index (χ1n) is 10.6. The topological polar surface area (TPSA) is 59.5 Å². The van der Waals surface area contributed by atoms with Crippen LogP contribution in [0.5, 0.6) is 0 Å². The molecule has 174 valence electrons. The Balaban J connectivity index is 1.53. The minimum Gasteiger partial charge on any atom is -0.381 e. The van der Waals surface area contributed by atoms with Crippen molar-refractivity contribution in [2.75, 3.05) is 43.6 Å². The number of nitrogens with one attached hydrogen (secondary N) is 1. The normalized spacial score (nSPS) is 21.0. The molecule has 4 rings (SSSR count). The second kappa shape index (κ2) is 9.19. The highest BCUT2D eigenvalue weighted by Gasteiger charge is 2.35. The van der Waals surface area contributed by atoms with Gasteiger partial charge in [-0.05, 0) is 30.5 Å². The Morgan fingerprint density at radius 1 is 1.19 bits per heavy atom.